The predicted molar refractivity (Wildman–Crippen MR) is 45.9 cm³/mol. The van der Waals surface area contributed by atoms with Gasteiger partial charge in [-0.05, 0) is 14.1 Å². The molecule has 0 aromatic rings. The molecular formula is C7H17NS. The molecule has 0 unspecified atom stereocenters. The van der Waals surface area contributed by atoms with Crippen molar-refractivity contribution in [3.05, 3.63) is 0 Å². The highest BCUT2D eigenvalue weighted by Crippen LogP contribution is 2.22. The Bertz CT molecular complexity index is 73.5. The van der Waals surface area contributed by atoms with Gasteiger partial charge in [-0.1, -0.05) is 20.8 Å². The molecule has 1 nitrogen and oxygen atoms in total. The van der Waals surface area contributed by atoms with Crippen LogP contribution in [0.2, 0.25) is 0 Å². The molecule has 0 saturated heterocycles. The molecule has 0 aromatic heterocycles. The molecule has 0 amide bonds. The van der Waals surface area contributed by atoms with Gasteiger partial charge in [-0.2, -0.15) is 0 Å². The zero-order chi connectivity index (χ0) is 7.49. The lowest BCUT2D eigenvalue weighted by molar-refractivity contribution is 0.483. The van der Waals surface area contributed by atoms with E-state index in [0.717, 1.165) is 5.88 Å². The van der Waals surface area contributed by atoms with Gasteiger partial charge in [0.15, 0.2) is 0 Å². The van der Waals surface area contributed by atoms with Gasteiger partial charge < -0.3 is 4.90 Å². The van der Waals surface area contributed by atoms with Gasteiger partial charge in [-0.3, -0.25) is 0 Å². The fourth-order valence-corrected chi connectivity index (χ4v) is 0.968. The van der Waals surface area contributed by atoms with E-state index in [1.807, 2.05) is 11.8 Å². The highest BCUT2D eigenvalue weighted by Gasteiger charge is 2.09. The van der Waals surface area contributed by atoms with Gasteiger partial charge in [0.1, 0.15) is 0 Å². The molecule has 0 aliphatic heterocycles. The minimum Gasteiger partial charge on any atom is -0.300 e. The van der Waals surface area contributed by atoms with Crippen LogP contribution >= 0.6 is 11.8 Å². The number of thioether (sulfide) groups is 1. The van der Waals surface area contributed by atoms with Crippen LogP contribution in [0.25, 0.3) is 0 Å². The molecule has 2 heteroatoms. The van der Waals surface area contributed by atoms with Crippen molar-refractivity contribution in [1.29, 1.82) is 0 Å². The first-order valence-electron chi connectivity index (χ1n) is 3.20. The monoisotopic (exact) mass is 147 g/mol. The van der Waals surface area contributed by atoms with Gasteiger partial charge in [0.25, 0.3) is 0 Å². The largest absolute Gasteiger partial charge is 0.300 e. The first-order valence-corrected chi connectivity index (χ1v) is 4.19. The molecule has 0 aliphatic rings. The van der Waals surface area contributed by atoms with Gasteiger partial charge in [-0.25, -0.2) is 0 Å². The number of hydrogen-bond donors (Lipinski definition) is 0. The standard InChI is InChI=1S/C7H17NS/c1-7(2,3)9-6-8(4)5/h6H2,1-5H3. The molecule has 0 aliphatic carbocycles. The number of rotatable bonds is 2. The highest BCUT2D eigenvalue weighted by atomic mass is 32.2. The van der Waals surface area contributed by atoms with Crippen LogP contribution in [0.15, 0.2) is 0 Å². The Morgan fingerprint density at radius 2 is 1.67 bits per heavy atom. The summed E-state index contributed by atoms with van der Waals surface area (Å²) >= 11 is 1.97. The Morgan fingerprint density at radius 1 is 1.22 bits per heavy atom. The van der Waals surface area contributed by atoms with Crippen molar-refractivity contribution in [2.24, 2.45) is 0 Å². The van der Waals surface area contributed by atoms with Gasteiger partial charge >= 0.3 is 0 Å². The number of hydrogen-bond acceptors (Lipinski definition) is 2. The van der Waals surface area contributed by atoms with E-state index < -0.39 is 0 Å². The zero-order valence-corrected chi connectivity index (χ0v) is 7.88. The summed E-state index contributed by atoms with van der Waals surface area (Å²) in [6.45, 7) is 6.71. The maximum Gasteiger partial charge on any atom is 0.0443 e. The summed E-state index contributed by atoms with van der Waals surface area (Å²) < 4.78 is 0.407. The Morgan fingerprint density at radius 3 is 1.78 bits per heavy atom. The molecule has 9 heavy (non-hydrogen) atoms. The fraction of sp³-hybridized carbons (Fsp3) is 1.00. The Kier molecular flexibility index (Phi) is 3.59. The van der Waals surface area contributed by atoms with Crippen LogP contribution < -0.4 is 0 Å². The summed E-state index contributed by atoms with van der Waals surface area (Å²) in [6, 6.07) is 0. The van der Waals surface area contributed by atoms with Crippen molar-refractivity contribution < 1.29 is 0 Å². The highest BCUT2D eigenvalue weighted by molar-refractivity contribution is 8.00. The van der Waals surface area contributed by atoms with E-state index in [-0.39, 0.29) is 0 Å². The second kappa shape index (κ2) is 3.47. The van der Waals surface area contributed by atoms with Gasteiger partial charge in [0, 0.05) is 10.6 Å². The molecule has 0 fully saturated rings. The predicted octanol–water partition coefficient (Wildman–Crippen LogP) is 2.04. The van der Waals surface area contributed by atoms with Crippen molar-refractivity contribution in [3.63, 3.8) is 0 Å². The van der Waals surface area contributed by atoms with Crippen LogP contribution in [0.3, 0.4) is 0 Å². The second-order valence-electron chi connectivity index (χ2n) is 3.47. The molecule has 0 saturated carbocycles. The minimum absolute atomic E-state index is 0.407. The average molecular weight is 147 g/mol. The molecule has 0 aromatic carbocycles. The summed E-state index contributed by atoms with van der Waals surface area (Å²) in [7, 11) is 4.19. The van der Waals surface area contributed by atoms with E-state index in [1.165, 1.54) is 0 Å². The lowest BCUT2D eigenvalue weighted by Gasteiger charge is -2.20. The maximum atomic E-state index is 2.24. The normalized spacial score (nSPS) is 12.7. The van der Waals surface area contributed by atoms with Gasteiger partial charge in [-0.15, -0.1) is 11.8 Å². The smallest absolute Gasteiger partial charge is 0.0443 e. The average Bonchev–Trinajstić information content (AvgIpc) is 1.59. The Hall–Kier alpha value is 0.310. The summed E-state index contributed by atoms with van der Waals surface area (Å²) in [5.74, 6) is 1.11. The minimum atomic E-state index is 0.407. The van der Waals surface area contributed by atoms with E-state index in [0.29, 0.717) is 4.75 Å². The van der Waals surface area contributed by atoms with Crippen molar-refractivity contribution in [2.75, 3.05) is 20.0 Å². The zero-order valence-electron chi connectivity index (χ0n) is 7.06. The lowest BCUT2D eigenvalue weighted by Crippen LogP contribution is -2.17. The van der Waals surface area contributed by atoms with Crippen molar-refractivity contribution in [2.45, 2.75) is 25.5 Å². The van der Waals surface area contributed by atoms with E-state index in [4.69, 9.17) is 0 Å². The van der Waals surface area contributed by atoms with Gasteiger partial charge in [0.2, 0.25) is 0 Å². The molecule has 56 valence electrons. The third-order valence-electron chi connectivity index (χ3n) is 0.756. The number of nitrogens with zero attached hydrogens (tertiary/aromatic N) is 1. The fourth-order valence-electron chi connectivity index (χ4n) is 0.323. The summed E-state index contributed by atoms with van der Waals surface area (Å²) in [4.78, 5) is 2.19. The third-order valence-corrected chi connectivity index (χ3v) is 2.27. The van der Waals surface area contributed by atoms with E-state index in [9.17, 15) is 0 Å². The second-order valence-corrected chi connectivity index (χ2v) is 5.24. The van der Waals surface area contributed by atoms with Crippen molar-refractivity contribution in [3.8, 4) is 0 Å². The Labute approximate surface area is 62.8 Å². The summed E-state index contributed by atoms with van der Waals surface area (Å²) in [5.41, 5.74) is 0. The quantitative estimate of drug-likeness (QED) is 0.550. The molecule has 0 heterocycles. The van der Waals surface area contributed by atoms with Crippen LogP contribution in [0.4, 0.5) is 0 Å². The van der Waals surface area contributed by atoms with E-state index in [2.05, 4.69) is 39.8 Å². The Balaban J connectivity index is 3.28. The SMILES string of the molecule is CN(C)CSC(C)(C)C. The van der Waals surface area contributed by atoms with Crippen LogP contribution in [0.5, 0.6) is 0 Å². The van der Waals surface area contributed by atoms with Crippen LogP contribution in [0.1, 0.15) is 20.8 Å². The topological polar surface area (TPSA) is 3.24 Å². The molecule has 0 radical (unpaired) electrons. The van der Waals surface area contributed by atoms with E-state index >= 15 is 0 Å². The maximum absolute atomic E-state index is 2.24. The molecule has 0 N–H and O–H groups in total. The first kappa shape index (κ1) is 9.31. The molecular weight excluding hydrogens is 130 g/mol. The van der Waals surface area contributed by atoms with Crippen LogP contribution in [0, 0.1) is 0 Å². The van der Waals surface area contributed by atoms with Crippen molar-refractivity contribution in [1.82, 2.24) is 4.90 Å². The van der Waals surface area contributed by atoms with Crippen LogP contribution in [-0.4, -0.2) is 29.6 Å². The summed E-state index contributed by atoms with van der Waals surface area (Å²) in [6.07, 6.45) is 0. The molecule has 0 rings (SSSR count). The molecule has 0 spiro atoms. The lowest BCUT2D eigenvalue weighted by atomic mass is 10.3. The molecule has 0 atom stereocenters. The molecule has 0 bridgehead atoms. The van der Waals surface area contributed by atoms with Crippen molar-refractivity contribution >= 4 is 11.8 Å². The summed E-state index contributed by atoms with van der Waals surface area (Å²) in [5, 5.41) is 0. The van der Waals surface area contributed by atoms with Crippen LogP contribution in [-0.2, 0) is 0 Å². The van der Waals surface area contributed by atoms with E-state index in [1.54, 1.807) is 0 Å². The van der Waals surface area contributed by atoms with Gasteiger partial charge in [0.05, 0.1) is 0 Å². The first-order chi connectivity index (χ1) is 3.92. The third kappa shape index (κ3) is 8.31.